The van der Waals surface area contributed by atoms with Crippen LogP contribution in [0.2, 0.25) is 18.1 Å². The van der Waals surface area contributed by atoms with E-state index in [-0.39, 0.29) is 10.8 Å². The maximum absolute atomic E-state index is 13.2. The lowest BCUT2D eigenvalue weighted by Gasteiger charge is -2.33. The lowest BCUT2D eigenvalue weighted by molar-refractivity contribution is 0.455. The molecule has 0 aromatic carbocycles. The average molecular weight is 288 g/mol. The summed E-state index contributed by atoms with van der Waals surface area (Å²) in [4.78, 5) is 4.07. The molecule has 1 unspecified atom stereocenters. The van der Waals surface area contributed by atoms with Crippen LogP contribution < -0.4 is 0 Å². The second kappa shape index (κ2) is 5.48. The van der Waals surface area contributed by atoms with Gasteiger partial charge in [0.05, 0.1) is 0 Å². The number of pyridine rings is 1. The van der Waals surface area contributed by atoms with E-state index in [1.165, 1.54) is 6.07 Å². The Hall–Kier alpha value is -0.753. The second-order valence-electron chi connectivity index (χ2n) is 5.70. The molecule has 1 aromatic rings. The third-order valence-corrected chi connectivity index (χ3v) is 10.6. The molecule has 3 nitrogen and oxygen atoms in total. The minimum absolute atomic E-state index is 0.0287. The van der Waals surface area contributed by atoms with E-state index in [1.807, 2.05) is 0 Å². The van der Waals surface area contributed by atoms with Gasteiger partial charge >= 0.3 is 0 Å². The Morgan fingerprint density at radius 1 is 1.44 bits per heavy atom. The highest BCUT2D eigenvalue weighted by Crippen LogP contribution is 2.38. The van der Waals surface area contributed by atoms with Crippen molar-refractivity contribution in [3.8, 4) is 5.75 Å². The fourth-order valence-corrected chi connectivity index (χ4v) is 5.53. The molecule has 0 saturated heterocycles. The third-order valence-electron chi connectivity index (χ3n) is 3.25. The van der Waals surface area contributed by atoms with Crippen LogP contribution in [0.4, 0.5) is 4.39 Å². The van der Waals surface area contributed by atoms with E-state index in [4.69, 9.17) is 4.03 Å². The Labute approximate surface area is 112 Å². The smallest absolute Gasteiger partial charge is 0.190 e. The van der Waals surface area contributed by atoms with Crippen molar-refractivity contribution in [1.29, 1.82) is 0 Å². The molecule has 0 fully saturated rings. The zero-order valence-corrected chi connectivity index (χ0v) is 13.4. The first kappa shape index (κ1) is 15.3. The monoisotopic (exact) mass is 288 g/mol. The number of aromatic hydroxyl groups is 1. The van der Waals surface area contributed by atoms with Gasteiger partial charge in [-0.2, -0.15) is 0 Å². The van der Waals surface area contributed by atoms with Gasteiger partial charge in [0.25, 0.3) is 0 Å². The van der Waals surface area contributed by atoms with E-state index in [1.54, 1.807) is 12.3 Å². The number of nitrogens with zero attached hydrogens (tertiary/aromatic N) is 2. The van der Waals surface area contributed by atoms with Crippen molar-refractivity contribution >= 4 is 18.9 Å². The Kier molecular flexibility index (Phi) is 4.66. The van der Waals surface area contributed by atoms with Gasteiger partial charge in [0.1, 0.15) is 10.8 Å². The van der Waals surface area contributed by atoms with Crippen LogP contribution in [-0.4, -0.2) is 24.3 Å². The highest BCUT2D eigenvalue weighted by Gasteiger charge is 2.36. The van der Waals surface area contributed by atoms with Crippen molar-refractivity contribution in [2.24, 2.45) is 4.03 Å². The van der Waals surface area contributed by atoms with Crippen LogP contribution in [0.15, 0.2) is 27.4 Å². The molecule has 102 valence electrons. The van der Waals surface area contributed by atoms with Gasteiger partial charge in [-0.3, -0.25) is 4.03 Å². The quantitative estimate of drug-likeness (QED) is 0.858. The van der Waals surface area contributed by atoms with Crippen LogP contribution in [-0.2, 0) is 10.7 Å². The van der Waals surface area contributed by atoms with E-state index >= 15 is 0 Å². The van der Waals surface area contributed by atoms with Crippen molar-refractivity contribution in [3.05, 3.63) is 18.3 Å². The number of hydrogen-bond acceptors (Lipinski definition) is 3. The van der Waals surface area contributed by atoms with Crippen LogP contribution >= 0.6 is 0 Å². The molecule has 0 amide bonds. The van der Waals surface area contributed by atoms with E-state index in [9.17, 15) is 9.50 Å². The summed E-state index contributed by atoms with van der Waals surface area (Å²) >= 11 is 0. The summed E-state index contributed by atoms with van der Waals surface area (Å²) in [5.41, 5.74) is 0. The van der Waals surface area contributed by atoms with Crippen molar-refractivity contribution in [2.45, 2.75) is 43.9 Å². The van der Waals surface area contributed by atoms with Gasteiger partial charge < -0.3 is 5.11 Å². The van der Waals surface area contributed by atoms with Crippen molar-refractivity contribution in [2.75, 3.05) is 6.01 Å². The van der Waals surface area contributed by atoms with E-state index < -0.39 is 24.9 Å². The average Bonchev–Trinajstić information content (AvgIpc) is 2.25. The molecule has 1 aromatic heterocycles. The number of hydrogen-bond donors (Lipinski definition) is 1. The molecule has 1 heterocycles. The summed E-state index contributed by atoms with van der Waals surface area (Å²) in [5.74, 6) is 0.0287. The molecule has 0 aliphatic carbocycles. The van der Waals surface area contributed by atoms with Crippen molar-refractivity contribution < 1.29 is 9.50 Å². The van der Waals surface area contributed by atoms with E-state index in [0.717, 1.165) is 0 Å². The Morgan fingerprint density at radius 3 is 2.50 bits per heavy atom. The summed E-state index contributed by atoms with van der Waals surface area (Å²) in [6.07, 6.45) is 1.56. The number of alkyl halides is 1. The van der Waals surface area contributed by atoms with Crippen LogP contribution in [0, 0.1) is 0 Å². The molecule has 0 saturated carbocycles. The maximum Gasteiger partial charge on any atom is 0.190 e. The minimum Gasteiger partial charge on any atom is -0.505 e. The highest BCUT2D eigenvalue weighted by atomic mass is 32.2. The Morgan fingerprint density at radius 2 is 2.06 bits per heavy atom. The van der Waals surface area contributed by atoms with Gasteiger partial charge in [-0.15, -0.1) is 0 Å². The molecule has 0 aliphatic heterocycles. The summed E-state index contributed by atoms with van der Waals surface area (Å²) in [6.45, 7) is 10.6. The molecular formula is C12H21FN2OSSi. The summed E-state index contributed by atoms with van der Waals surface area (Å²) in [7, 11) is -2.91. The molecule has 0 radical (unpaired) electrons. The van der Waals surface area contributed by atoms with Crippen LogP contribution in [0.3, 0.4) is 0 Å². The molecular weight excluding hydrogens is 267 g/mol. The molecule has 0 bridgehead atoms. The van der Waals surface area contributed by atoms with Gasteiger partial charge in [-0.05, 0) is 41.0 Å². The zero-order chi connectivity index (χ0) is 14.0. The molecule has 18 heavy (non-hydrogen) atoms. The maximum atomic E-state index is 13.2. The molecule has 0 spiro atoms. The summed E-state index contributed by atoms with van der Waals surface area (Å²) in [5, 5.41) is 10.2. The number of halogens is 1. The lowest BCUT2D eigenvalue weighted by Crippen LogP contribution is -2.35. The van der Waals surface area contributed by atoms with Crippen LogP contribution in [0.5, 0.6) is 5.75 Å². The summed E-state index contributed by atoms with van der Waals surface area (Å²) < 4.78 is 17.9. The van der Waals surface area contributed by atoms with Crippen LogP contribution in [0.25, 0.3) is 0 Å². The van der Waals surface area contributed by atoms with Crippen LogP contribution in [0.1, 0.15) is 20.8 Å². The van der Waals surface area contributed by atoms with E-state index in [0.29, 0.717) is 5.03 Å². The SMILES string of the molecule is CC(C)(C)[Si](C)(C)N=S(CF)c1ncccc1O. The molecule has 1 N–H and O–H groups in total. The fraction of sp³-hybridized carbons (Fsp3) is 0.583. The zero-order valence-electron chi connectivity index (χ0n) is 11.6. The number of aromatic nitrogens is 1. The van der Waals surface area contributed by atoms with Gasteiger partial charge in [-0.1, -0.05) is 20.8 Å². The highest BCUT2D eigenvalue weighted by molar-refractivity contribution is 7.88. The fourth-order valence-electron chi connectivity index (χ4n) is 1.10. The molecule has 6 heteroatoms. The Balaban J connectivity index is 3.24. The predicted molar refractivity (Wildman–Crippen MR) is 77.1 cm³/mol. The minimum atomic E-state index is -1.95. The number of rotatable bonds is 3. The molecule has 0 aliphatic rings. The second-order valence-corrected chi connectivity index (χ2v) is 12.4. The van der Waals surface area contributed by atoms with Crippen molar-refractivity contribution in [1.82, 2.24) is 4.98 Å². The normalized spacial score (nSPS) is 14.8. The lowest BCUT2D eigenvalue weighted by atomic mass is 10.2. The first-order chi connectivity index (χ1) is 8.19. The largest absolute Gasteiger partial charge is 0.505 e. The van der Waals surface area contributed by atoms with Gasteiger partial charge in [0.15, 0.2) is 14.2 Å². The van der Waals surface area contributed by atoms with Gasteiger partial charge in [-0.25, -0.2) is 9.37 Å². The molecule has 1 rings (SSSR count). The first-order valence-corrected chi connectivity index (χ1v) is 10.1. The third kappa shape index (κ3) is 3.38. The topological polar surface area (TPSA) is 45.5 Å². The summed E-state index contributed by atoms with van der Waals surface area (Å²) in [6, 6.07) is 2.56. The standard InChI is InChI=1S/C12H21FN2OSSi/c1-12(2,3)18(4,5)15-17(9-13)11-10(16)7-6-8-14-11/h6-8,16H,9H2,1-5H3. The van der Waals surface area contributed by atoms with Gasteiger partial charge in [0, 0.05) is 6.20 Å². The predicted octanol–water partition coefficient (Wildman–Crippen LogP) is 3.88. The Bertz CT molecular complexity index is 458. The van der Waals surface area contributed by atoms with Crippen molar-refractivity contribution in [3.63, 3.8) is 0 Å². The van der Waals surface area contributed by atoms with E-state index in [2.05, 4.69) is 38.8 Å². The molecule has 1 atom stereocenters. The first-order valence-electron chi connectivity index (χ1n) is 5.83. The van der Waals surface area contributed by atoms with Gasteiger partial charge in [0.2, 0.25) is 0 Å².